The fourth-order valence-corrected chi connectivity index (χ4v) is 2.19. The van der Waals surface area contributed by atoms with Gasteiger partial charge < -0.3 is 9.40 Å². The summed E-state index contributed by atoms with van der Waals surface area (Å²) in [6.45, 7) is 2.50. The normalized spacial score (nSPS) is 12.4. The molecule has 2 heterocycles. The van der Waals surface area contributed by atoms with Crippen molar-refractivity contribution in [3.63, 3.8) is 0 Å². The molecule has 124 valence electrons. The smallest absolute Gasteiger partial charge is 0.337 e. The van der Waals surface area contributed by atoms with Crippen LogP contribution in [-0.4, -0.2) is 9.97 Å². The minimum atomic E-state index is -1.73. The second-order valence-corrected chi connectivity index (χ2v) is 5.23. The Morgan fingerprint density at radius 1 is 1.39 bits per heavy atom. The third-order valence-corrected chi connectivity index (χ3v) is 3.41. The van der Waals surface area contributed by atoms with E-state index < -0.39 is 23.4 Å². The Balaban J connectivity index is 2.42. The molecule has 5 nitrogen and oxygen atoms in total. The number of nitrogens with one attached hydrogen (secondary N) is 1. The molecule has 2 aromatic rings. The molecule has 0 aliphatic carbocycles. The lowest BCUT2D eigenvalue weighted by Crippen LogP contribution is -2.16. The van der Waals surface area contributed by atoms with E-state index in [9.17, 15) is 22.8 Å². The minimum absolute atomic E-state index is 0.0383. The van der Waals surface area contributed by atoms with Crippen LogP contribution in [0, 0.1) is 0 Å². The van der Waals surface area contributed by atoms with Gasteiger partial charge in [-0.2, -0.15) is 13.8 Å². The average molecular weight is 328 g/mol. The number of rotatable bonds is 5. The fraction of sp³-hybridized carbons (Fsp3) is 0.400. The fourth-order valence-electron chi connectivity index (χ4n) is 2.19. The van der Waals surface area contributed by atoms with E-state index in [2.05, 4.69) is 9.97 Å². The lowest BCUT2D eigenvalue weighted by Gasteiger charge is -2.06. The molecule has 2 rings (SSSR count). The number of fused-ring (bicyclic) bond motifs is 1. The van der Waals surface area contributed by atoms with Crippen molar-refractivity contribution in [1.82, 2.24) is 9.97 Å². The van der Waals surface area contributed by atoms with E-state index in [1.807, 2.05) is 0 Å². The standard InChI is InChI=1S/C15H15F3N2O3/c1-7(12(17)18)4-3-5-9-6-10(21)23-15-11(9)14(22)19-13(20-15)8(2)16/h6,8H,3-5H2,1-2H3,(H,19,20,22). The zero-order chi connectivity index (χ0) is 17.1. The van der Waals surface area contributed by atoms with Crippen molar-refractivity contribution in [2.24, 2.45) is 0 Å². The summed E-state index contributed by atoms with van der Waals surface area (Å²) in [5.41, 5.74) is -1.31. The number of halogens is 3. The number of aryl methyl sites for hydroxylation is 1. The average Bonchev–Trinajstić information content (AvgIpc) is 2.45. The molecule has 0 spiro atoms. The third-order valence-electron chi connectivity index (χ3n) is 3.41. The highest BCUT2D eigenvalue weighted by molar-refractivity contribution is 5.75. The van der Waals surface area contributed by atoms with E-state index in [0.717, 1.165) is 6.07 Å². The maximum atomic E-state index is 13.3. The molecule has 2 aromatic heterocycles. The summed E-state index contributed by atoms with van der Waals surface area (Å²) in [5, 5.41) is 0.0383. The number of alkyl halides is 1. The maximum Gasteiger partial charge on any atom is 0.337 e. The van der Waals surface area contributed by atoms with Crippen molar-refractivity contribution in [1.29, 1.82) is 0 Å². The van der Waals surface area contributed by atoms with E-state index in [4.69, 9.17) is 4.42 Å². The number of nitrogens with zero attached hydrogens (tertiary/aromatic N) is 1. The highest BCUT2D eigenvalue weighted by Gasteiger charge is 2.15. The largest absolute Gasteiger partial charge is 0.403 e. The van der Waals surface area contributed by atoms with Gasteiger partial charge in [0, 0.05) is 6.07 Å². The molecule has 0 radical (unpaired) electrons. The van der Waals surface area contributed by atoms with Crippen LogP contribution in [-0.2, 0) is 6.42 Å². The number of allylic oxidation sites excluding steroid dienone is 1. The van der Waals surface area contributed by atoms with Gasteiger partial charge >= 0.3 is 5.63 Å². The number of aromatic amines is 1. The van der Waals surface area contributed by atoms with E-state index in [-0.39, 0.29) is 35.3 Å². The van der Waals surface area contributed by atoms with E-state index in [1.54, 1.807) is 0 Å². The van der Waals surface area contributed by atoms with Crippen molar-refractivity contribution in [3.8, 4) is 0 Å². The van der Waals surface area contributed by atoms with Crippen LogP contribution in [0.5, 0.6) is 0 Å². The first kappa shape index (κ1) is 17.0. The van der Waals surface area contributed by atoms with Crippen LogP contribution in [0.15, 0.2) is 31.7 Å². The monoisotopic (exact) mass is 328 g/mol. The van der Waals surface area contributed by atoms with E-state index >= 15 is 0 Å². The molecule has 0 fully saturated rings. The molecule has 1 atom stereocenters. The van der Waals surface area contributed by atoms with Crippen molar-refractivity contribution in [2.75, 3.05) is 0 Å². The Kier molecular flexibility index (Phi) is 5.02. The Morgan fingerprint density at radius 3 is 2.70 bits per heavy atom. The Labute approximate surface area is 128 Å². The zero-order valence-corrected chi connectivity index (χ0v) is 12.6. The molecule has 0 aliphatic rings. The van der Waals surface area contributed by atoms with Gasteiger partial charge in [0.2, 0.25) is 5.71 Å². The van der Waals surface area contributed by atoms with E-state index in [1.165, 1.54) is 13.8 Å². The predicted molar refractivity (Wildman–Crippen MR) is 78.3 cm³/mol. The van der Waals surface area contributed by atoms with Gasteiger partial charge in [-0.3, -0.25) is 4.79 Å². The van der Waals surface area contributed by atoms with Gasteiger partial charge in [-0.25, -0.2) is 9.18 Å². The van der Waals surface area contributed by atoms with Crippen molar-refractivity contribution in [2.45, 2.75) is 39.3 Å². The molecule has 0 bridgehead atoms. The first-order valence-corrected chi connectivity index (χ1v) is 7.01. The number of aromatic nitrogens is 2. The lowest BCUT2D eigenvalue weighted by molar-refractivity contribution is 0.355. The zero-order valence-electron chi connectivity index (χ0n) is 12.6. The quantitative estimate of drug-likeness (QED) is 0.912. The van der Waals surface area contributed by atoms with Gasteiger partial charge in [-0.15, -0.1) is 0 Å². The van der Waals surface area contributed by atoms with Crippen molar-refractivity contribution in [3.05, 3.63) is 49.9 Å². The Morgan fingerprint density at radius 2 is 2.09 bits per heavy atom. The topological polar surface area (TPSA) is 76.0 Å². The van der Waals surface area contributed by atoms with Crippen LogP contribution < -0.4 is 11.2 Å². The van der Waals surface area contributed by atoms with Gasteiger partial charge in [0.05, 0.1) is 0 Å². The summed E-state index contributed by atoms with van der Waals surface area (Å²) in [6.07, 6.45) is -2.58. The van der Waals surface area contributed by atoms with Gasteiger partial charge in [-0.05, 0) is 44.2 Å². The third kappa shape index (κ3) is 3.88. The first-order chi connectivity index (χ1) is 10.8. The number of hydrogen-bond acceptors (Lipinski definition) is 4. The molecule has 0 aromatic carbocycles. The highest BCUT2D eigenvalue weighted by Crippen LogP contribution is 2.19. The van der Waals surface area contributed by atoms with E-state index in [0.29, 0.717) is 12.0 Å². The molecular weight excluding hydrogens is 313 g/mol. The highest BCUT2D eigenvalue weighted by atomic mass is 19.3. The SMILES string of the molecule is CC(CCCc1cc(=O)oc2nc(C(C)F)[nH]c(=O)c12)=C(F)F. The molecule has 1 unspecified atom stereocenters. The molecule has 23 heavy (non-hydrogen) atoms. The second kappa shape index (κ2) is 6.80. The molecule has 0 aliphatic heterocycles. The van der Waals surface area contributed by atoms with Crippen LogP contribution in [0.25, 0.3) is 11.1 Å². The van der Waals surface area contributed by atoms with Crippen LogP contribution in [0.4, 0.5) is 13.2 Å². The molecule has 1 N–H and O–H groups in total. The van der Waals surface area contributed by atoms with Gasteiger partial charge in [0.25, 0.3) is 11.6 Å². The minimum Gasteiger partial charge on any atom is -0.403 e. The summed E-state index contributed by atoms with van der Waals surface area (Å²) in [6, 6.07) is 1.13. The summed E-state index contributed by atoms with van der Waals surface area (Å²) in [7, 11) is 0. The van der Waals surface area contributed by atoms with Gasteiger partial charge in [-0.1, -0.05) is 0 Å². The molecule has 0 saturated heterocycles. The molecule has 0 amide bonds. The predicted octanol–water partition coefficient (Wildman–Crippen LogP) is 3.40. The molecule has 0 saturated carbocycles. The van der Waals surface area contributed by atoms with Crippen LogP contribution in [0.1, 0.15) is 44.2 Å². The van der Waals surface area contributed by atoms with Crippen LogP contribution in [0.2, 0.25) is 0 Å². The van der Waals surface area contributed by atoms with Crippen LogP contribution in [0.3, 0.4) is 0 Å². The Bertz CT molecular complexity index is 864. The van der Waals surface area contributed by atoms with Gasteiger partial charge in [0.1, 0.15) is 11.2 Å². The van der Waals surface area contributed by atoms with Crippen molar-refractivity contribution >= 4 is 11.1 Å². The van der Waals surface area contributed by atoms with Crippen LogP contribution >= 0.6 is 0 Å². The first-order valence-electron chi connectivity index (χ1n) is 7.01. The van der Waals surface area contributed by atoms with Gasteiger partial charge in [0.15, 0.2) is 6.17 Å². The molecule has 8 heteroatoms. The summed E-state index contributed by atoms with van der Waals surface area (Å²) in [5.74, 6) is -0.235. The number of H-pyrrole nitrogens is 1. The summed E-state index contributed by atoms with van der Waals surface area (Å²) in [4.78, 5) is 29.7. The molecular formula is C15H15F3N2O3. The number of hydrogen-bond donors (Lipinski definition) is 1. The second-order valence-electron chi connectivity index (χ2n) is 5.23. The maximum absolute atomic E-state index is 13.3. The summed E-state index contributed by atoms with van der Waals surface area (Å²) < 4.78 is 42.9. The van der Waals surface area contributed by atoms with Crippen molar-refractivity contribution < 1.29 is 17.6 Å². The summed E-state index contributed by atoms with van der Waals surface area (Å²) >= 11 is 0. The lowest BCUT2D eigenvalue weighted by atomic mass is 10.0. The Hall–Kier alpha value is -2.38.